The molecule has 0 aliphatic carbocycles. The molecule has 29 heavy (non-hydrogen) atoms. The van der Waals surface area contributed by atoms with Crippen LogP contribution in [-0.4, -0.2) is 27.8 Å². The third-order valence-electron chi connectivity index (χ3n) is 4.44. The number of hydrogen-bond donors (Lipinski definition) is 1. The van der Waals surface area contributed by atoms with Gasteiger partial charge in [-0.3, -0.25) is 14.9 Å². The molecule has 0 saturated heterocycles. The Hall–Kier alpha value is -3.52. The van der Waals surface area contributed by atoms with E-state index in [9.17, 15) is 9.59 Å². The lowest BCUT2D eigenvalue weighted by atomic mass is 10.2. The van der Waals surface area contributed by atoms with E-state index in [1.807, 2.05) is 50.2 Å². The molecular weight excluding hydrogens is 388 g/mol. The minimum absolute atomic E-state index is 0.00536. The van der Waals surface area contributed by atoms with Gasteiger partial charge in [0.05, 0.1) is 29.1 Å². The predicted molar refractivity (Wildman–Crippen MR) is 113 cm³/mol. The van der Waals surface area contributed by atoms with Gasteiger partial charge in [0.1, 0.15) is 0 Å². The molecule has 0 aliphatic rings. The van der Waals surface area contributed by atoms with E-state index in [0.717, 1.165) is 21.3 Å². The molecule has 146 valence electrons. The first-order valence-electron chi connectivity index (χ1n) is 8.89. The Bertz CT molecular complexity index is 1290. The second-order valence-corrected chi connectivity index (χ2v) is 7.57. The molecule has 7 nitrogen and oxygen atoms in total. The van der Waals surface area contributed by atoms with E-state index in [2.05, 4.69) is 15.4 Å². The maximum Gasteiger partial charge on any atom is 0.281 e. The largest absolute Gasteiger partial charge is 0.494 e. The van der Waals surface area contributed by atoms with Crippen LogP contribution in [0.15, 0.2) is 53.3 Å². The molecule has 2 aromatic heterocycles. The lowest BCUT2D eigenvalue weighted by Crippen LogP contribution is -2.26. The Morgan fingerprint density at radius 2 is 1.93 bits per heavy atom. The lowest BCUT2D eigenvalue weighted by molar-refractivity contribution is 0.101. The summed E-state index contributed by atoms with van der Waals surface area (Å²) in [6.45, 7) is 3.87. The van der Waals surface area contributed by atoms with Crippen molar-refractivity contribution in [2.24, 2.45) is 0 Å². The molecule has 8 heteroatoms. The number of rotatable bonds is 4. The Morgan fingerprint density at radius 1 is 1.14 bits per heavy atom. The molecule has 2 heterocycles. The molecule has 0 fully saturated rings. The molecule has 1 amide bonds. The minimum atomic E-state index is -0.500. The minimum Gasteiger partial charge on any atom is -0.494 e. The number of ether oxygens (including phenoxy) is 1. The number of thiazole rings is 1. The first kappa shape index (κ1) is 18.8. The average molecular weight is 406 g/mol. The van der Waals surface area contributed by atoms with Gasteiger partial charge in [0.25, 0.3) is 11.5 Å². The molecule has 0 spiro atoms. The maximum atomic E-state index is 12.9. The number of methoxy groups -OCH3 is 1. The molecular formula is C21H18N4O3S. The van der Waals surface area contributed by atoms with Crippen LogP contribution < -0.4 is 15.6 Å². The standard InChI is InChI=1S/C21H18N4O3S/c1-12-8-9-14-17(10-12)29-21(22-14)23-20(27)19-16(28-3)11-18(26)25(24-19)15-7-5-4-6-13(15)2/h4-11H,1-3H3,(H,22,23,27). The van der Waals surface area contributed by atoms with Crippen LogP contribution in [-0.2, 0) is 0 Å². The molecule has 0 aliphatic heterocycles. The van der Waals surface area contributed by atoms with Crippen molar-refractivity contribution in [1.29, 1.82) is 0 Å². The summed E-state index contributed by atoms with van der Waals surface area (Å²) in [6, 6.07) is 14.5. The average Bonchev–Trinajstić information content (AvgIpc) is 3.09. The molecule has 4 aromatic rings. The van der Waals surface area contributed by atoms with Crippen LogP contribution in [0.5, 0.6) is 5.75 Å². The van der Waals surface area contributed by atoms with Crippen LogP contribution in [0.25, 0.3) is 15.9 Å². The second kappa shape index (κ2) is 7.48. The van der Waals surface area contributed by atoms with E-state index in [0.29, 0.717) is 10.8 Å². The van der Waals surface area contributed by atoms with Crippen molar-refractivity contribution in [3.63, 3.8) is 0 Å². The fraction of sp³-hybridized carbons (Fsp3) is 0.143. The number of nitrogens with one attached hydrogen (secondary N) is 1. The maximum absolute atomic E-state index is 12.9. The highest BCUT2D eigenvalue weighted by Crippen LogP contribution is 2.27. The number of benzene rings is 2. The molecule has 2 aromatic carbocycles. The van der Waals surface area contributed by atoms with E-state index in [1.54, 1.807) is 6.07 Å². The van der Waals surface area contributed by atoms with Crippen molar-refractivity contribution >= 4 is 32.6 Å². The topological polar surface area (TPSA) is 86.1 Å². The molecule has 4 rings (SSSR count). The SMILES string of the molecule is COc1cc(=O)n(-c2ccccc2C)nc1C(=O)Nc1nc2ccc(C)cc2s1. The summed E-state index contributed by atoms with van der Waals surface area (Å²) in [5, 5.41) is 7.50. The van der Waals surface area contributed by atoms with E-state index < -0.39 is 5.91 Å². The molecule has 0 unspecified atom stereocenters. The number of carbonyl (C=O) groups is 1. The normalized spacial score (nSPS) is 10.9. The third-order valence-corrected chi connectivity index (χ3v) is 5.37. The van der Waals surface area contributed by atoms with Gasteiger partial charge in [0.15, 0.2) is 16.6 Å². The summed E-state index contributed by atoms with van der Waals surface area (Å²) in [6.07, 6.45) is 0. The first-order valence-corrected chi connectivity index (χ1v) is 9.71. The van der Waals surface area contributed by atoms with Crippen molar-refractivity contribution in [2.45, 2.75) is 13.8 Å². The van der Waals surface area contributed by atoms with Crippen LogP contribution in [0, 0.1) is 13.8 Å². The van der Waals surface area contributed by atoms with E-state index in [4.69, 9.17) is 4.74 Å². The Morgan fingerprint density at radius 3 is 2.69 bits per heavy atom. The summed E-state index contributed by atoms with van der Waals surface area (Å²) in [7, 11) is 1.39. The van der Waals surface area contributed by atoms with Crippen LogP contribution in [0.4, 0.5) is 5.13 Å². The molecule has 0 bridgehead atoms. The van der Waals surface area contributed by atoms with Crippen LogP contribution in [0.2, 0.25) is 0 Å². The summed E-state index contributed by atoms with van der Waals surface area (Å²) in [5.41, 5.74) is 3.01. The van der Waals surface area contributed by atoms with Crippen molar-refractivity contribution in [3.05, 3.63) is 75.7 Å². The number of anilines is 1. The van der Waals surface area contributed by atoms with Gasteiger partial charge in [-0.2, -0.15) is 9.78 Å². The van der Waals surface area contributed by atoms with Gasteiger partial charge in [-0.25, -0.2) is 4.98 Å². The summed E-state index contributed by atoms with van der Waals surface area (Å²) in [5.74, 6) is -0.394. The monoisotopic (exact) mass is 406 g/mol. The number of hydrogen-bond acceptors (Lipinski definition) is 6. The van der Waals surface area contributed by atoms with Crippen molar-refractivity contribution in [3.8, 4) is 11.4 Å². The molecule has 0 radical (unpaired) electrons. The zero-order valence-corrected chi connectivity index (χ0v) is 16.9. The highest BCUT2D eigenvalue weighted by molar-refractivity contribution is 7.22. The fourth-order valence-corrected chi connectivity index (χ4v) is 3.93. The number of carbonyl (C=O) groups excluding carboxylic acids is 1. The quantitative estimate of drug-likeness (QED) is 0.558. The van der Waals surface area contributed by atoms with E-state index >= 15 is 0 Å². The van der Waals surface area contributed by atoms with Gasteiger partial charge in [-0.1, -0.05) is 35.6 Å². The lowest BCUT2D eigenvalue weighted by Gasteiger charge is -2.12. The number of nitrogens with zero attached hydrogens (tertiary/aromatic N) is 3. The first-order chi connectivity index (χ1) is 14.0. The highest BCUT2D eigenvalue weighted by atomic mass is 32.1. The van der Waals surface area contributed by atoms with Gasteiger partial charge >= 0.3 is 0 Å². The highest BCUT2D eigenvalue weighted by Gasteiger charge is 2.20. The Kier molecular flexibility index (Phi) is 4.85. The molecule has 1 N–H and O–H groups in total. The molecule has 0 atom stereocenters. The van der Waals surface area contributed by atoms with Gasteiger partial charge in [-0.05, 0) is 43.2 Å². The summed E-state index contributed by atoms with van der Waals surface area (Å²) < 4.78 is 7.41. The number of fused-ring (bicyclic) bond motifs is 1. The van der Waals surface area contributed by atoms with Crippen LogP contribution in [0.3, 0.4) is 0 Å². The summed E-state index contributed by atoms with van der Waals surface area (Å²) in [4.78, 5) is 29.9. The Labute approximate surface area is 170 Å². The van der Waals surface area contributed by atoms with Gasteiger partial charge in [0, 0.05) is 0 Å². The third kappa shape index (κ3) is 3.62. The van der Waals surface area contributed by atoms with Crippen molar-refractivity contribution < 1.29 is 9.53 Å². The summed E-state index contributed by atoms with van der Waals surface area (Å²) >= 11 is 1.37. The van der Waals surface area contributed by atoms with Gasteiger partial charge in [0.2, 0.25) is 0 Å². The Balaban J connectivity index is 1.74. The number of aromatic nitrogens is 3. The zero-order valence-electron chi connectivity index (χ0n) is 16.1. The fourth-order valence-electron chi connectivity index (χ4n) is 2.97. The zero-order chi connectivity index (χ0) is 20.5. The van der Waals surface area contributed by atoms with Gasteiger partial charge in [-0.15, -0.1) is 0 Å². The van der Waals surface area contributed by atoms with Crippen LogP contribution >= 0.6 is 11.3 Å². The predicted octanol–water partition coefficient (Wildman–Crippen LogP) is 3.72. The smallest absolute Gasteiger partial charge is 0.281 e. The second-order valence-electron chi connectivity index (χ2n) is 6.54. The van der Waals surface area contributed by atoms with E-state index in [-0.39, 0.29) is 17.0 Å². The number of amides is 1. The number of para-hydroxylation sites is 1. The van der Waals surface area contributed by atoms with E-state index in [1.165, 1.54) is 29.2 Å². The van der Waals surface area contributed by atoms with Crippen molar-refractivity contribution in [1.82, 2.24) is 14.8 Å². The molecule has 0 saturated carbocycles. The van der Waals surface area contributed by atoms with Crippen molar-refractivity contribution in [2.75, 3.05) is 12.4 Å². The van der Waals surface area contributed by atoms with Crippen LogP contribution in [0.1, 0.15) is 21.6 Å². The van der Waals surface area contributed by atoms with Gasteiger partial charge < -0.3 is 4.74 Å². The number of aryl methyl sites for hydroxylation is 2.